The van der Waals surface area contributed by atoms with E-state index in [1.165, 1.54) is 6.21 Å². The van der Waals surface area contributed by atoms with E-state index in [1.54, 1.807) is 6.08 Å². The summed E-state index contributed by atoms with van der Waals surface area (Å²) in [6.45, 7) is 0. The average Bonchev–Trinajstić information content (AvgIpc) is 2.87. The molecule has 1 heterocycles. The minimum absolute atomic E-state index is 0.0702. The lowest BCUT2D eigenvalue weighted by atomic mass is 10.3. The highest BCUT2D eigenvalue weighted by molar-refractivity contribution is 6.30. The number of nitrogens with zero attached hydrogens (tertiary/aromatic N) is 3. The van der Waals surface area contributed by atoms with Gasteiger partial charge in [-0.2, -0.15) is 5.10 Å². The van der Waals surface area contributed by atoms with Gasteiger partial charge in [0.15, 0.2) is 0 Å². The Hall–Kier alpha value is -2.53. The summed E-state index contributed by atoms with van der Waals surface area (Å²) in [5.41, 5.74) is 12.3. The zero-order valence-corrected chi connectivity index (χ0v) is 11.4. The second-order valence-corrected chi connectivity index (χ2v) is 4.36. The van der Waals surface area contributed by atoms with Crippen LogP contribution in [0, 0.1) is 0 Å². The Morgan fingerprint density at radius 2 is 1.90 bits per heavy atom. The molecule has 2 rings (SSSR count). The molecule has 0 bridgehead atoms. The molecule has 4 N–H and O–H groups in total. The zero-order valence-electron chi connectivity index (χ0n) is 10.6. The number of benzene rings is 1. The van der Waals surface area contributed by atoms with Crippen LogP contribution >= 0.6 is 11.6 Å². The third-order valence-electron chi connectivity index (χ3n) is 2.48. The van der Waals surface area contributed by atoms with Crippen molar-refractivity contribution in [3.63, 3.8) is 0 Å². The first kappa shape index (κ1) is 13.9. The summed E-state index contributed by atoms with van der Waals surface area (Å²) in [6, 6.07) is 11.6. The molecule has 5 nitrogen and oxygen atoms in total. The van der Waals surface area contributed by atoms with Crippen LogP contribution in [0.4, 0.5) is 0 Å². The van der Waals surface area contributed by atoms with Gasteiger partial charge < -0.3 is 16.0 Å². The lowest BCUT2D eigenvalue weighted by Crippen LogP contribution is -2.21. The Morgan fingerprint density at radius 3 is 2.60 bits per heavy atom. The van der Waals surface area contributed by atoms with Crippen LogP contribution in [0.25, 0.3) is 11.8 Å². The molecular weight excluding hydrogens is 274 g/mol. The second-order valence-electron chi connectivity index (χ2n) is 3.93. The first-order valence-corrected chi connectivity index (χ1v) is 6.26. The molecule has 0 spiro atoms. The van der Waals surface area contributed by atoms with Crippen molar-refractivity contribution in [3.8, 4) is 5.69 Å². The van der Waals surface area contributed by atoms with E-state index >= 15 is 0 Å². The summed E-state index contributed by atoms with van der Waals surface area (Å²) in [5, 5.41) is 7.90. The standard InChI is InChI=1S/C14H14ClN5/c15-11-5-7-13(8-6-11)20-10-2-4-12(20)3-1-9-18-19-14(16)17/h1-10H,(H4,16,17,19)/b3-1+,18-9+. The van der Waals surface area contributed by atoms with Crippen molar-refractivity contribution in [2.75, 3.05) is 0 Å². The van der Waals surface area contributed by atoms with Gasteiger partial charge in [-0.05, 0) is 48.6 Å². The van der Waals surface area contributed by atoms with E-state index in [2.05, 4.69) is 10.2 Å². The number of allylic oxidation sites excluding steroid dienone is 1. The van der Waals surface area contributed by atoms with E-state index in [1.807, 2.05) is 53.2 Å². The molecule has 1 aromatic carbocycles. The van der Waals surface area contributed by atoms with Gasteiger partial charge in [0, 0.05) is 28.8 Å². The molecule has 0 aliphatic carbocycles. The van der Waals surface area contributed by atoms with Gasteiger partial charge in [0.05, 0.1) is 0 Å². The van der Waals surface area contributed by atoms with Crippen LogP contribution in [0.1, 0.15) is 5.69 Å². The van der Waals surface area contributed by atoms with Crippen molar-refractivity contribution < 1.29 is 0 Å². The highest BCUT2D eigenvalue weighted by atomic mass is 35.5. The van der Waals surface area contributed by atoms with Gasteiger partial charge in [-0.25, -0.2) is 0 Å². The molecule has 0 radical (unpaired) electrons. The van der Waals surface area contributed by atoms with Gasteiger partial charge in [0.25, 0.3) is 0 Å². The second kappa shape index (κ2) is 6.58. The molecule has 6 heteroatoms. The molecule has 102 valence electrons. The van der Waals surface area contributed by atoms with Crippen LogP contribution in [-0.4, -0.2) is 16.7 Å². The van der Waals surface area contributed by atoms with Crippen LogP contribution < -0.4 is 11.5 Å². The van der Waals surface area contributed by atoms with Crippen molar-refractivity contribution in [2.24, 2.45) is 21.7 Å². The van der Waals surface area contributed by atoms with Crippen LogP contribution in [0.3, 0.4) is 0 Å². The third-order valence-corrected chi connectivity index (χ3v) is 2.73. The first-order valence-electron chi connectivity index (χ1n) is 5.89. The maximum atomic E-state index is 5.88. The zero-order chi connectivity index (χ0) is 14.4. The Bertz CT molecular complexity index is 648. The van der Waals surface area contributed by atoms with Gasteiger partial charge in [0.2, 0.25) is 5.96 Å². The number of aromatic nitrogens is 1. The summed E-state index contributed by atoms with van der Waals surface area (Å²) in [6.07, 6.45) is 7.14. The summed E-state index contributed by atoms with van der Waals surface area (Å²) in [5.74, 6) is -0.0702. The van der Waals surface area contributed by atoms with E-state index in [0.717, 1.165) is 11.4 Å². The maximum absolute atomic E-state index is 5.88. The van der Waals surface area contributed by atoms with Crippen molar-refractivity contribution in [3.05, 3.63) is 59.4 Å². The summed E-state index contributed by atoms with van der Waals surface area (Å²) >= 11 is 5.88. The minimum Gasteiger partial charge on any atom is -0.369 e. The van der Waals surface area contributed by atoms with Crippen molar-refractivity contribution in [2.45, 2.75) is 0 Å². The number of hydrogen-bond acceptors (Lipinski definition) is 2. The molecule has 0 atom stereocenters. The number of nitrogens with two attached hydrogens (primary N) is 2. The van der Waals surface area contributed by atoms with E-state index in [-0.39, 0.29) is 5.96 Å². The molecule has 2 aromatic rings. The Kier molecular flexibility index (Phi) is 4.57. The number of hydrogen-bond donors (Lipinski definition) is 2. The van der Waals surface area contributed by atoms with Gasteiger partial charge in [-0.15, -0.1) is 5.10 Å². The maximum Gasteiger partial charge on any atom is 0.211 e. The van der Waals surface area contributed by atoms with E-state index < -0.39 is 0 Å². The molecule has 0 fully saturated rings. The Morgan fingerprint density at radius 1 is 1.15 bits per heavy atom. The fourth-order valence-electron chi connectivity index (χ4n) is 1.65. The highest BCUT2D eigenvalue weighted by Crippen LogP contribution is 2.16. The van der Waals surface area contributed by atoms with Gasteiger partial charge in [0.1, 0.15) is 0 Å². The lowest BCUT2D eigenvalue weighted by Gasteiger charge is -2.06. The highest BCUT2D eigenvalue weighted by Gasteiger charge is 1.99. The monoisotopic (exact) mass is 287 g/mol. The fraction of sp³-hybridized carbons (Fsp3) is 0. The van der Waals surface area contributed by atoms with Gasteiger partial charge in [-0.1, -0.05) is 11.6 Å². The molecule has 0 aliphatic rings. The summed E-state index contributed by atoms with van der Waals surface area (Å²) in [7, 11) is 0. The van der Waals surface area contributed by atoms with Crippen molar-refractivity contribution in [1.82, 2.24) is 4.57 Å². The number of guanidine groups is 1. The van der Waals surface area contributed by atoms with Crippen LogP contribution in [0.2, 0.25) is 5.02 Å². The van der Waals surface area contributed by atoms with Gasteiger partial charge >= 0.3 is 0 Å². The quantitative estimate of drug-likeness (QED) is 0.514. The van der Waals surface area contributed by atoms with Crippen LogP contribution in [0.15, 0.2) is 58.9 Å². The summed E-state index contributed by atoms with van der Waals surface area (Å²) < 4.78 is 2.03. The van der Waals surface area contributed by atoms with Gasteiger partial charge in [-0.3, -0.25) is 0 Å². The molecular formula is C14H14ClN5. The van der Waals surface area contributed by atoms with Crippen molar-refractivity contribution in [1.29, 1.82) is 0 Å². The normalized spacial score (nSPS) is 11.2. The number of halogens is 1. The topological polar surface area (TPSA) is 81.7 Å². The van der Waals surface area contributed by atoms with Crippen LogP contribution in [-0.2, 0) is 0 Å². The van der Waals surface area contributed by atoms with E-state index in [4.69, 9.17) is 23.1 Å². The molecule has 0 saturated heterocycles. The predicted molar refractivity (Wildman–Crippen MR) is 84.1 cm³/mol. The number of rotatable bonds is 4. The first-order chi connectivity index (χ1) is 9.66. The molecule has 20 heavy (non-hydrogen) atoms. The van der Waals surface area contributed by atoms with E-state index in [9.17, 15) is 0 Å². The largest absolute Gasteiger partial charge is 0.369 e. The molecule has 1 aromatic heterocycles. The molecule has 0 saturated carbocycles. The summed E-state index contributed by atoms with van der Waals surface area (Å²) in [4.78, 5) is 0. The molecule has 0 amide bonds. The fourth-order valence-corrected chi connectivity index (χ4v) is 1.77. The average molecular weight is 288 g/mol. The smallest absolute Gasteiger partial charge is 0.211 e. The van der Waals surface area contributed by atoms with E-state index in [0.29, 0.717) is 5.02 Å². The molecule has 0 aliphatic heterocycles. The predicted octanol–water partition coefficient (Wildman–Crippen LogP) is 2.40. The van der Waals surface area contributed by atoms with Crippen LogP contribution in [0.5, 0.6) is 0 Å². The molecule has 0 unspecified atom stereocenters. The SMILES string of the molecule is NC(N)=N/N=C/C=C/c1cccn1-c1ccc(Cl)cc1. The lowest BCUT2D eigenvalue weighted by molar-refractivity contribution is 1.06. The van der Waals surface area contributed by atoms with Crippen molar-refractivity contribution >= 4 is 29.9 Å². The minimum atomic E-state index is -0.0702. The Labute approximate surface area is 121 Å². The Balaban J connectivity index is 2.17. The third kappa shape index (κ3) is 3.73.